The minimum atomic E-state index is -2.25. The van der Waals surface area contributed by atoms with Crippen LogP contribution in [0.2, 0.25) is 0 Å². The number of hydrogen-bond donors (Lipinski definition) is 1. The molecule has 0 saturated heterocycles. The van der Waals surface area contributed by atoms with Gasteiger partial charge in [-0.2, -0.15) is 0 Å². The van der Waals surface area contributed by atoms with Gasteiger partial charge >= 0.3 is 0 Å². The zero-order valence-electron chi connectivity index (χ0n) is 10.1. The Hall–Kier alpha value is -2.22. The van der Waals surface area contributed by atoms with Crippen LogP contribution in [0.15, 0.2) is 59.7 Å². The van der Waals surface area contributed by atoms with E-state index in [1.807, 2.05) is 30.3 Å². The molecule has 0 aliphatic heterocycles. The van der Waals surface area contributed by atoms with Crippen LogP contribution in [-0.2, 0) is 24.5 Å². The lowest BCUT2D eigenvalue weighted by Gasteiger charge is -2.05. The number of nitrogens with one attached hydrogen (secondary N) is 1. The predicted molar refractivity (Wildman–Crippen MR) is 70.6 cm³/mol. The molecule has 1 N–H and O–H groups in total. The summed E-state index contributed by atoms with van der Waals surface area (Å²) in [6, 6.07) is 16.6. The van der Waals surface area contributed by atoms with Gasteiger partial charge in [-0.25, -0.2) is 4.33 Å². The molecule has 0 atom stereocenters. The zero-order valence-corrected chi connectivity index (χ0v) is 10.9. The van der Waals surface area contributed by atoms with Gasteiger partial charge in [0, 0.05) is 11.4 Å². The monoisotopic (exact) mass is 292 g/mol. The Kier molecular flexibility index (Phi) is 5.24. The summed E-state index contributed by atoms with van der Waals surface area (Å²) in [6.07, 6.45) is 0. The summed E-state index contributed by atoms with van der Waals surface area (Å²) in [7, 11) is -2.25. The van der Waals surface area contributed by atoms with E-state index in [-0.39, 0.29) is 0 Å². The van der Waals surface area contributed by atoms with Gasteiger partial charge in [0.15, 0.2) is 0 Å². The van der Waals surface area contributed by atoms with Gasteiger partial charge in [-0.1, -0.05) is 18.2 Å². The van der Waals surface area contributed by atoms with Gasteiger partial charge in [0.25, 0.3) is 10.9 Å². The molecule has 8 heteroatoms. The molecular weight excluding hydrogens is 282 g/mol. The van der Waals surface area contributed by atoms with Crippen LogP contribution >= 0.6 is 0 Å². The fourth-order valence-corrected chi connectivity index (χ4v) is 1.65. The molecule has 0 unspecified atom stereocenters. The number of benzene rings is 2. The first-order valence-corrected chi connectivity index (χ1v) is 6.54. The van der Waals surface area contributed by atoms with Gasteiger partial charge in [-0.3, -0.25) is 0 Å². The highest BCUT2D eigenvalue weighted by atomic mass is 32.2. The lowest BCUT2D eigenvalue weighted by atomic mass is 10.2. The molecule has 2 aromatic carbocycles. The van der Waals surface area contributed by atoms with E-state index in [4.69, 9.17) is 0 Å². The molecule has 104 valence electrons. The van der Waals surface area contributed by atoms with E-state index in [1.165, 1.54) is 0 Å². The van der Waals surface area contributed by atoms with Crippen molar-refractivity contribution in [3.05, 3.63) is 54.6 Å². The van der Waals surface area contributed by atoms with Gasteiger partial charge in [-0.05, 0) is 40.6 Å². The van der Waals surface area contributed by atoms with Crippen LogP contribution in [-0.4, -0.2) is 0 Å². The third-order valence-electron chi connectivity index (χ3n) is 2.24. The second-order valence-corrected chi connectivity index (χ2v) is 4.31. The molecule has 0 spiro atoms. The Labute approximate surface area is 116 Å². The Bertz CT molecular complexity index is 663. The van der Waals surface area contributed by atoms with E-state index in [9.17, 15) is 9.47 Å². The predicted octanol–water partition coefficient (Wildman–Crippen LogP) is 1.87. The molecule has 0 amide bonds. The maximum atomic E-state index is 10.8. The van der Waals surface area contributed by atoms with Gasteiger partial charge in [0.05, 0.1) is 0 Å². The lowest BCUT2D eigenvalue weighted by Crippen LogP contribution is -2.04. The molecule has 0 aromatic heterocycles. The fourth-order valence-electron chi connectivity index (χ4n) is 1.42. The first-order valence-electron chi connectivity index (χ1n) is 5.50. The third-order valence-corrected chi connectivity index (χ3v) is 2.63. The summed E-state index contributed by atoms with van der Waals surface area (Å²) in [5.41, 5.74) is 2.30. The molecule has 2 rings (SSSR count). The molecule has 0 fully saturated rings. The van der Waals surface area contributed by atoms with E-state index in [0.29, 0.717) is 5.69 Å². The average molecular weight is 292 g/mol. The van der Waals surface area contributed by atoms with Crippen molar-refractivity contribution in [2.45, 2.75) is 0 Å². The van der Waals surface area contributed by atoms with Gasteiger partial charge < -0.3 is 19.8 Å². The van der Waals surface area contributed by atoms with Crippen LogP contribution in [0.4, 0.5) is 17.1 Å². The van der Waals surface area contributed by atoms with E-state index in [2.05, 4.69) is 24.0 Å². The van der Waals surface area contributed by atoms with Gasteiger partial charge in [0.1, 0.15) is 10.8 Å². The second-order valence-electron chi connectivity index (χ2n) is 3.57. The van der Waals surface area contributed by atoms with E-state index in [0.717, 1.165) is 11.4 Å². The van der Waals surface area contributed by atoms with Crippen molar-refractivity contribution >= 4 is 27.9 Å². The number of para-hydroxylation sites is 1. The number of nitrogens with zero attached hydrogens (tertiary/aromatic N) is 2. The third kappa shape index (κ3) is 4.47. The smallest absolute Gasteiger partial charge is 0.294 e. The molecule has 0 radical (unpaired) electrons. The number of hydrogen-bond acceptors (Lipinski definition) is 7. The van der Waals surface area contributed by atoms with Crippen molar-refractivity contribution in [2.24, 2.45) is 5.11 Å². The quantitative estimate of drug-likeness (QED) is 0.298. The number of rotatable bonds is 5. The number of anilines is 2. The molecule has 20 heavy (non-hydrogen) atoms. The molecule has 2 aromatic rings. The molecule has 0 saturated carbocycles. The summed E-state index contributed by atoms with van der Waals surface area (Å²) in [5, 5.41) is 19.3. The summed E-state index contributed by atoms with van der Waals surface area (Å²) in [5.74, 6) is 0. The van der Waals surface area contributed by atoms with Crippen molar-refractivity contribution in [3.8, 4) is 0 Å². The first kappa shape index (κ1) is 14.2. The van der Waals surface area contributed by atoms with Gasteiger partial charge in [0.2, 0.25) is 0 Å². The molecule has 7 nitrogen and oxygen atoms in total. The maximum Gasteiger partial charge on any atom is 0.294 e. The fraction of sp³-hybridized carbons (Fsp3) is 0. The highest BCUT2D eigenvalue weighted by Crippen LogP contribution is 2.19. The topological polar surface area (TPSA) is 97.1 Å². The molecular formula is C12H10N3O4S-. The normalized spacial score (nSPS) is 10.1. The SMILES string of the molecule is O=[S-](=[N+]=Nc1ccc(Nc2ccccc2)cc1)OO[O-]. The van der Waals surface area contributed by atoms with Crippen LogP contribution in [0.25, 0.3) is 0 Å². The highest BCUT2D eigenvalue weighted by molar-refractivity contribution is 7.68. The molecule has 0 aliphatic rings. The van der Waals surface area contributed by atoms with Crippen LogP contribution < -0.4 is 14.7 Å². The second kappa shape index (κ2) is 7.39. The Morgan fingerprint density at radius 3 is 2.35 bits per heavy atom. The lowest BCUT2D eigenvalue weighted by molar-refractivity contribution is -0.777. The van der Waals surface area contributed by atoms with Crippen molar-refractivity contribution in [2.75, 3.05) is 5.32 Å². The zero-order chi connectivity index (χ0) is 14.2. The van der Waals surface area contributed by atoms with E-state index in [1.54, 1.807) is 24.3 Å². The van der Waals surface area contributed by atoms with Crippen LogP contribution in [0.3, 0.4) is 0 Å². The van der Waals surface area contributed by atoms with Gasteiger partial charge in [-0.15, -0.1) is 0 Å². The minimum absolute atomic E-state index is 0.464. The van der Waals surface area contributed by atoms with Crippen molar-refractivity contribution < 1.29 is 18.8 Å². The van der Waals surface area contributed by atoms with Crippen molar-refractivity contribution in [1.29, 1.82) is 0 Å². The molecule has 0 aliphatic carbocycles. The van der Waals surface area contributed by atoms with Crippen molar-refractivity contribution in [3.63, 3.8) is 0 Å². The molecule has 0 bridgehead atoms. The van der Waals surface area contributed by atoms with Crippen LogP contribution in [0.5, 0.6) is 0 Å². The Morgan fingerprint density at radius 1 is 1.05 bits per heavy atom. The Morgan fingerprint density at radius 2 is 1.70 bits per heavy atom. The largest absolute Gasteiger partial charge is 0.693 e. The Balaban J connectivity index is 2.07. The maximum absolute atomic E-state index is 10.8. The first-order chi connectivity index (χ1) is 9.78. The minimum Gasteiger partial charge on any atom is -0.693 e. The standard InChI is InChI=1S/C12H11N3O4S/c16-18-19-20(17)15-14-12-8-6-11(7-9-12)13-10-4-2-1-3-5-10/h1-9,13,16H/p-1. The van der Waals surface area contributed by atoms with Crippen molar-refractivity contribution in [1.82, 2.24) is 4.16 Å². The summed E-state index contributed by atoms with van der Waals surface area (Å²) in [6.45, 7) is 0. The van der Waals surface area contributed by atoms with E-state index < -0.39 is 10.9 Å². The molecule has 0 heterocycles. The summed E-state index contributed by atoms with van der Waals surface area (Å²) < 4.78 is 17.8. The van der Waals surface area contributed by atoms with Crippen LogP contribution in [0.1, 0.15) is 0 Å². The highest BCUT2D eigenvalue weighted by Gasteiger charge is 1.96. The summed E-state index contributed by atoms with van der Waals surface area (Å²) >= 11 is 0. The van der Waals surface area contributed by atoms with E-state index >= 15 is 0 Å². The van der Waals surface area contributed by atoms with Crippen LogP contribution in [0, 0.1) is 0 Å². The average Bonchev–Trinajstić information content (AvgIpc) is 2.48. The summed E-state index contributed by atoms with van der Waals surface area (Å²) in [4.78, 5) is 0.